The van der Waals surface area contributed by atoms with Crippen LogP contribution >= 0.6 is 0 Å². The monoisotopic (exact) mass is 255 g/mol. The van der Waals surface area contributed by atoms with Crippen molar-refractivity contribution in [1.29, 1.82) is 0 Å². The highest BCUT2D eigenvalue weighted by molar-refractivity contribution is 4.88. The van der Waals surface area contributed by atoms with E-state index < -0.39 is 0 Å². The van der Waals surface area contributed by atoms with Gasteiger partial charge < -0.3 is 15.4 Å². The molecular formula is C14H29N3O. The molecule has 2 fully saturated rings. The Kier molecular flexibility index (Phi) is 5.01. The van der Waals surface area contributed by atoms with E-state index in [0.717, 1.165) is 26.3 Å². The summed E-state index contributed by atoms with van der Waals surface area (Å²) in [7, 11) is 2.22. The molecule has 0 aromatic carbocycles. The first kappa shape index (κ1) is 14.3. The van der Waals surface area contributed by atoms with Crippen LogP contribution in [0, 0.1) is 5.41 Å². The summed E-state index contributed by atoms with van der Waals surface area (Å²) in [6.45, 7) is 9.56. The lowest BCUT2D eigenvalue weighted by molar-refractivity contribution is -0.0270. The molecule has 0 amide bonds. The Balaban J connectivity index is 1.97. The molecule has 0 aromatic heterocycles. The molecule has 2 N–H and O–H groups in total. The molecule has 0 spiro atoms. The summed E-state index contributed by atoms with van der Waals surface area (Å²) in [5.74, 6) is 0. The number of nitrogens with two attached hydrogens (primary N) is 1. The Morgan fingerprint density at radius 3 is 2.83 bits per heavy atom. The SMILES string of the molecule is CC1CN(C)CCCN1CC1(CN)CCCOC1. The molecular weight excluding hydrogens is 226 g/mol. The van der Waals surface area contributed by atoms with E-state index in [9.17, 15) is 0 Å². The van der Waals surface area contributed by atoms with E-state index in [1.54, 1.807) is 0 Å². The smallest absolute Gasteiger partial charge is 0.0546 e. The van der Waals surface area contributed by atoms with E-state index >= 15 is 0 Å². The zero-order chi connectivity index (χ0) is 13.0. The maximum absolute atomic E-state index is 6.05. The average molecular weight is 255 g/mol. The molecule has 2 rings (SSSR count). The van der Waals surface area contributed by atoms with E-state index in [1.165, 1.54) is 38.9 Å². The van der Waals surface area contributed by atoms with Crippen LogP contribution in [0.1, 0.15) is 26.2 Å². The highest BCUT2D eigenvalue weighted by atomic mass is 16.5. The van der Waals surface area contributed by atoms with Crippen molar-refractivity contribution in [2.75, 3.05) is 53.0 Å². The molecule has 0 radical (unpaired) electrons. The average Bonchev–Trinajstić information content (AvgIpc) is 2.52. The lowest BCUT2D eigenvalue weighted by Crippen LogP contribution is -2.51. The zero-order valence-electron chi connectivity index (χ0n) is 12.0. The first-order valence-corrected chi connectivity index (χ1v) is 7.36. The first-order chi connectivity index (χ1) is 8.65. The van der Waals surface area contributed by atoms with Gasteiger partial charge in [0.15, 0.2) is 0 Å². The van der Waals surface area contributed by atoms with Crippen LogP contribution in [0.4, 0.5) is 0 Å². The molecule has 2 atom stereocenters. The summed E-state index contributed by atoms with van der Waals surface area (Å²) in [5, 5.41) is 0. The maximum atomic E-state index is 6.05. The van der Waals surface area contributed by atoms with Crippen molar-refractivity contribution in [2.24, 2.45) is 11.1 Å². The van der Waals surface area contributed by atoms with Gasteiger partial charge in [-0.15, -0.1) is 0 Å². The Morgan fingerprint density at radius 1 is 1.33 bits per heavy atom. The molecule has 0 aromatic rings. The highest BCUT2D eigenvalue weighted by Crippen LogP contribution is 2.29. The minimum absolute atomic E-state index is 0.204. The van der Waals surface area contributed by atoms with Gasteiger partial charge in [-0.2, -0.15) is 0 Å². The Morgan fingerprint density at radius 2 is 2.17 bits per heavy atom. The van der Waals surface area contributed by atoms with Crippen molar-refractivity contribution in [3.05, 3.63) is 0 Å². The molecule has 106 valence electrons. The molecule has 2 aliphatic heterocycles. The topological polar surface area (TPSA) is 41.7 Å². The second kappa shape index (κ2) is 6.33. The second-order valence-electron chi connectivity index (χ2n) is 6.30. The molecule has 4 nitrogen and oxygen atoms in total. The normalized spacial score (nSPS) is 36.5. The van der Waals surface area contributed by atoms with Crippen molar-refractivity contribution < 1.29 is 4.74 Å². The Labute approximate surface area is 111 Å². The van der Waals surface area contributed by atoms with Crippen LogP contribution < -0.4 is 5.73 Å². The Bertz CT molecular complexity index is 253. The van der Waals surface area contributed by atoms with Gasteiger partial charge in [0.05, 0.1) is 6.61 Å². The lowest BCUT2D eigenvalue weighted by Gasteiger charge is -2.41. The van der Waals surface area contributed by atoms with Gasteiger partial charge in [0, 0.05) is 37.7 Å². The maximum Gasteiger partial charge on any atom is 0.0546 e. The predicted octanol–water partition coefficient (Wildman–Crippen LogP) is 0.768. The van der Waals surface area contributed by atoms with Crippen LogP contribution in [0.2, 0.25) is 0 Å². The fourth-order valence-corrected chi connectivity index (χ4v) is 3.35. The molecule has 2 unspecified atom stereocenters. The summed E-state index contributed by atoms with van der Waals surface area (Å²) in [4.78, 5) is 5.07. The minimum atomic E-state index is 0.204. The van der Waals surface area contributed by atoms with Gasteiger partial charge in [0.1, 0.15) is 0 Å². The third-order valence-electron chi connectivity index (χ3n) is 4.56. The summed E-state index contributed by atoms with van der Waals surface area (Å²) in [6, 6.07) is 0.628. The molecule has 18 heavy (non-hydrogen) atoms. The fourth-order valence-electron chi connectivity index (χ4n) is 3.35. The van der Waals surface area contributed by atoms with Crippen LogP contribution in [-0.4, -0.2) is 68.8 Å². The van der Waals surface area contributed by atoms with Crippen molar-refractivity contribution >= 4 is 0 Å². The largest absolute Gasteiger partial charge is 0.381 e. The first-order valence-electron chi connectivity index (χ1n) is 7.36. The van der Waals surface area contributed by atoms with Crippen LogP contribution in [0.15, 0.2) is 0 Å². The number of nitrogens with zero attached hydrogens (tertiary/aromatic N) is 2. The summed E-state index contributed by atoms with van der Waals surface area (Å²) >= 11 is 0. The van der Waals surface area contributed by atoms with Gasteiger partial charge in [-0.1, -0.05) is 0 Å². The van der Waals surface area contributed by atoms with E-state index in [4.69, 9.17) is 10.5 Å². The van der Waals surface area contributed by atoms with E-state index in [-0.39, 0.29) is 5.41 Å². The molecule has 0 aliphatic carbocycles. The molecule has 4 heteroatoms. The standard InChI is InChI=1S/C14H29N3O/c1-13-9-16(2)6-4-7-17(13)11-14(10-15)5-3-8-18-12-14/h13H,3-12,15H2,1-2H3. The van der Waals surface area contributed by atoms with Crippen LogP contribution in [0.5, 0.6) is 0 Å². The molecule has 2 saturated heterocycles. The van der Waals surface area contributed by atoms with E-state index in [1.807, 2.05) is 0 Å². The summed E-state index contributed by atoms with van der Waals surface area (Å²) in [5.41, 5.74) is 6.25. The summed E-state index contributed by atoms with van der Waals surface area (Å²) in [6.07, 6.45) is 3.66. The van der Waals surface area contributed by atoms with Crippen LogP contribution in [0.3, 0.4) is 0 Å². The summed E-state index contributed by atoms with van der Waals surface area (Å²) < 4.78 is 5.69. The fraction of sp³-hybridized carbons (Fsp3) is 1.00. The zero-order valence-corrected chi connectivity index (χ0v) is 12.0. The van der Waals surface area contributed by atoms with Crippen molar-refractivity contribution in [3.63, 3.8) is 0 Å². The van der Waals surface area contributed by atoms with Crippen molar-refractivity contribution in [1.82, 2.24) is 9.80 Å². The molecule has 0 saturated carbocycles. The highest BCUT2D eigenvalue weighted by Gasteiger charge is 2.35. The van der Waals surface area contributed by atoms with Gasteiger partial charge >= 0.3 is 0 Å². The number of likely N-dealkylation sites (N-methyl/N-ethyl adjacent to an activating group) is 1. The number of hydrogen-bond donors (Lipinski definition) is 1. The number of hydrogen-bond acceptors (Lipinski definition) is 4. The van der Waals surface area contributed by atoms with Crippen molar-refractivity contribution in [2.45, 2.75) is 32.2 Å². The van der Waals surface area contributed by atoms with Gasteiger partial charge in [-0.3, -0.25) is 4.90 Å². The second-order valence-corrected chi connectivity index (χ2v) is 6.30. The third kappa shape index (κ3) is 3.44. The quantitative estimate of drug-likeness (QED) is 0.809. The molecule has 2 aliphatic rings. The third-order valence-corrected chi connectivity index (χ3v) is 4.56. The van der Waals surface area contributed by atoms with Gasteiger partial charge in [0.25, 0.3) is 0 Å². The predicted molar refractivity (Wildman–Crippen MR) is 74.7 cm³/mol. The van der Waals surface area contributed by atoms with Gasteiger partial charge in [-0.05, 0) is 46.3 Å². The van der Waals surface area contributed by atoms with Crippen LogP contribution in [0.25, 0.3) is 0 Å². The lowest BCUT2D eigenvalue weighted by atomic mass is 9.81. The number of rotatable bonds is 3. The van der Waals surface area contributed by atoms with E-state index in [2.05, 4.69) is 23.8 Å². The number of ether oxygens (including phenoxy) is 1. The van der Waals surface area contributed by atoms with Gasteiger partial charge in [0.2, 0.25) is 0 Å². The van der Waals surface area contributed by atoms with Gasteiger partial charge in [-0.25, -0.2) is 0 Å². The molecule has 0 bridgehead atoms. The van der Waals surface area contributed by atoms with Crippen LogP contribution in [-0.2, 0) is 4.74 Å². The molecule has 2 heterocycles. The minimum Gasteiger partial charge on any atom is -0.381 e. The Hall–Kier alpha value is -0.160. The van der Waals surface area contributed by atoms with Crippen molar-refractivity contribution in [3.8, 4) is 0 Å². The van der Waals surface area contributed by atoms with E-state index in [0.29, 0.717) is 6.04 Å².